The van der Waals surface area contributed by atoms with Crippen molar-refractivity contribution in [3.63, 3.8) is 0 Å². The summed E-state index contributed by atoms with van der Waals surface area (Å²) in [7, 11) is 0. The molecule has 1 aromatic heterocycles. The number of H-pyrrole nitrogens is 1. The highest BCUT2D eigenvalue weighted by molar-refractivity contribution is 6.30. The van der Waals surface area contributed by atoms with E-state index >= 15 is 0 Å². The molecule has 0 aliphatic heterocycles. The molecule has 0 fully saturated rings. The van der Waals surface area contributed by atoms with Gasteiger partial charge in [-0.2, -0.15) is 5.10 Å². The summed E-state index contributed by atoms with van der Waals surface area (Å²) in [5.41, 5.74) is 3.81. The molecule has 4 nitrogen and oxygen atoms in total. The van der Waals surface area contributed by atoms with Crippen molar-refractivity contribution < 1.29 is 4.79 Å². The highest BCUT2D eigenvalue weighted by Gasteiger charge is 2.09. The van der Waals surface area contributed by atoms with Gasteiger partial charge >= 0.3 is 0 Å². The second kappa shape index (κ2) is 5.89. The number of aromatic nitrogens is 2. The Bertz CT molecular complexity index is 573. The number of aryl methyl sites for hydroxylation is 2. The van der Waals surface area contributed by atoms with Crippen molar-refractivity contribution in [2.75, 3.05) is 5.32 Å². The fourth-order valence-electron chi connectivity index (χ4n) is 1.97. The Kier molecular flexibility index (Phi) is 4.22. The Morgan fingerprint density at radius 3 is 2.84 bits per heavy atom. The molecule has 0 unspecified atom stereocenters. The first-order valence-corrected chi connectivity index (χ1v) is 6.50. The molecule has 0 atom stereocenters. The molecule has 1 amide bonds. The van der Waals surface area contributed by atoms with E-state index in [9.17, 15) is 4.79 Å². The van der Waals surface area contributed by atoms with E-state index in [1.807, 2.05) is 26.0 Å². The molecule has 0 bridgehead atoms. The number of nitrogens with one attached hydrogen (secondary N) is 2. The van der Waals surface area contributed by atoms with E-state index < -0.39 is 0 Å². The average molecular weight is 278 g/mol. The van der Waals surface area contributed by atoms with Crippen LogP contribution in [0.3, 0.4) is 0 Å². The van der Waals surface area contributed by atoms with Crippen molar-refractivity contribution in [3.8, 4) is 0 Å². The zero-order valence-corrected chi connectivity index (χ0v) is 11.7. The van der Waals surface area contributed by atoms with Crippen LogP contribution in [0.4, 0.5) is 5.69 Å². The lowest BCUT2D eigenvalue weighted by Gasteiger charge is -2.05. The fourth-order valence-corrected chi connectivity index (χ4v) is 2.16. The van der Waals surface area contributed by atoms with Gasteiger partial charge in [-0.15, -0.1) is 0 Å². The van der Waals surface area contributed by atoms with Gasteiger partial charge in [0.25, 0.3) is 0 Å². The maximum Gasteiger partial charge on any atom is 0.224 e. The van der Waals surface area contributed by atoms with Gasteiger partial charge in [0, 0.05) is 22.8 Å². The molecule has 2 N–H and O–H groups in total. The maximum atomic E-state index is 11.9. The summed E-state index contributed by atoms with van der Waals surface area (Å²) in [5.74, 6) is -0.0257. The van der Waals surface area contributed by atoms with E-state index in [0.717, 1.165) is 22.6 Å². The number of amides is 1. The van der Waals surface area contributed by atoms with Gasteiger partial charge in [-0.05, 0) is 44.0 Å². The molecule has 2 aromatic rings. The highest BCUT2D eigenvalue weighted by atomic mass is 35.5. The van der Waals surface area contributed by atoms with Crippen molar-refractivity contribution in [2.45, 2.75) is 26.7 Å². The largest absolute Gasteiger partial charge is 0.326 e. The molecule has 0 saturated carbocycles. The minimum Gasteiger partial charge on any atom is -0.326 e. The lowest BCUT2D eigenvalue weighted by atomic mass is 10.1. The molecular formula is C14H16ClN3O. The van der Waals surface area contributed by atoms with Gasteiger partial charge in [0.15, 0.2) is 0 Å². The number of aromatic amines is 1. The average Bonchev–Trinajstić information content (AvgIpc) is 2.67. The molecule has 0 aliphatic rings. The lowest BCUT2D eigenvalue weighted by Crippen LogP contribution is -2.12. The van der Waals surface area contributed by atoms with Crippen LogP contribution in [-0.4, -0.2) is 16.1 Å². The summed E-state index contributed by atoms with van der Waals surface area (Å²) in [4.78, 5) is 11.9. The molecular weight excluding hydrogens is 262 g/mol. The van der Waals surface area contributed by atoms with Gasteiger partial charge in [0.1, 0.15) is 0 Å². The Labute approximate surface area is 117 Å². The summed E-state index contributed by atoms with van der Waals surface area (Å²) in [6.45, 7) is 3.90. The normalized spacial score (nSPS) is 10.5. The number of rotatable bonds is 4. The standard InChI is InChI=1S/C14H16ClN3O/c1-9-13(10(2)18-17-9)6-7-14(19)16-12-5-3-4-11(15)8-12/h3-5,8H,6-7H2,1-2H3,(H,16,19)(H,17,18). The molecule has 19 heavy (non-hydrogen) atoms. The van der Waals surface area contributed by atoms with Gasteiger partial charge in [-0.25, -0.2) is 0 Å². The van der Waals surface area contributed by atoms with Gasteiger partial charge in [-0.3, -0.25) is 9.89 Å². The predicted octanol–water partition coefficient (Wildman–Crippen LogP) is 3.25. The predicted molar refractivity (Wildman–Crippen MR) is 76.5 cm³/mol. The monoisotopic (exact) mass is 277 g/mol. The molecule has 0 saturated heterocycles. The number of benzene rings is 1. The van der Waals surface area contributed by atoms with Crippen molar-refractivity contribution in [3.05, 3.63) is 46.2 Å². The van der Waals surface area contributed by atoms with Crippen LogP contribution < -0.4 is 5.32 Å². The van der Waals surface area contributed by atoms with Crippen molar-refractivity contribution >= 4 is 23.2 Å². The summed E-state index contributed by atoms with van der Waals surface area (Å²) in [6, 6.07) is 7.13. The third-order valence-corrected chi connectivity index (χ3v) is 3.23. The van der Waals surface area contributed by atoms with Crippen LogP contribution in [0.5, 0.6) is 0 Å². The SMILES string of the molecule is Cc1n[nH]c(C)c1CCC(=O)Nc1cccc(Cl)c1. The summed E-state index contributed by atoms with van der Waals surface area (Å²) in [6.07, 6.45) is 1.11. The maximum absolute atomic E-state index is 11.9. The minimum atomic E-state index is -0.0257. The Balaban J connectivity index is 1.92. The van der Waals surface area contributed by atoms with Gasteiger partial charge in [0.05, 0.1) is 5.69 Å². The number of carbonyl (C=O) groups excluding carboxylic acids is 1. The van der Waals surface area contributed by atoms with E-state index in [1.54, 1.807) is 12.1 Å². The number of hydrogen-bond donors (Lipinski definition) is 2. The van der Waals surface area contributed by atoms with Crippen molar-refractivity contribution in [1.29, 1.82) is 0 Å². The van der Waals surface area contributed by atoms with Crippen LogP contribution in [0.25, 0.3) is 0 Å². The summed E-state index contributed by atoms with van der Waals surface area (Å²) >= 11 is 5.86. The first-order valence-electron chi connectivity index (χ1n) is 6.12. The number of nitrogens with zero attached hydrogens (tertiary/aromatic N) is 1. The van der Waals surface area contributed by atoms with E-state index in [4.69, 9.17) is 11.6 Å². The lowest BCUT2D eigenvalue weighted by molar-refractivity contribution is -0.116. The number of halogens is 1. The van der Waals surface area contributed by atoms with E-state index in [2.05, 4.69) is 15.5 Å². The van der Waals surface area contributed by atoms with Crippen LogP contribution in [0.2, 0.25) is 5.02 Å². The van der Waals surface area contributed by atoms with E-state index in [1.165, 1.54) is 0 Å². The summed E-state index contributed by atoms with van der Waals surface area (Å²) < 4.78 is 0. The number of hydrogen-bond acceptors (Lipinski definition) is 2. The van der Waals surface area contributed by atoms with Crippen LogP contribution >= 0.6 is 11.6 Å². The highest BCUT2D eigenvalue weighted by Crippen LogP contribution is 2.16. The van der Waals surface area contributed by atoms with Crippen LogP contribution in [0.1, 0.15) is 23.4 Å². The van der Waals surface area contributed by atoms with Crippen LogP contribution in [-0.2, 0) is 11.2 Å². The Morgan fingerprint density at radius 1 is 1.42 bits per heavy atom. The van der Waals surface area contributed by atoms with Gasteiger partial charge in [-0.1, -0.05) is 17.7 Å². The zero-order chi connectivity index (χ0) is 13.8. The van der Waals surface area contributed by atoms with Crippen molar-refractivity contribution in [2.24, 2.45) is 0 Å². The Morgan fingerprint density at radius 2 is 2.21 bits per heavy atom. The Hall–Kier alpha value is -1.81. The molecule has 1 aromatic carbocycles. The third-order valence-electron chi connectivity index (χ3n) is 2.99. The van der Waals surface area contributed by atoms with Crippen molar-refractivity contribution in [1.82, 2.24) is 10.2 Å². The first-order chi connectivity index (χ1) is 9.06. The second-order valence-electron chi connectivity index (χ2n) is 4.47. The van der Waals surface area contributed by atoms with Gasteiger partial charge < -0.3 is 5.32 Å². The number of anilines is 1. The molecule has 5 heteroatoms. The molecule has 0 radical (unpaired) electrons. The smallest absolute Gasteiger partial charge is 0.224 e. The second-order valence-corrected chi connectivity index (χ2v) is 4.91. The molecule has 2 rings (SSSR count). The molecule has 100 valence electrons. The topological polar surface area (TPSA) is 57.8 Å². The molecule has 0 aliphatic carbocycles. The van der Waals surface area contributed by atoms with Gasteiger partial charge in [0.2, 0.25) is 5.91 Å². The zero-order valence-electron chi connectivity index (χ0n) is 11.0. The first kappa shape index (κ1) is 13.6. The van der Waals surface area contributed by atoms with Crippen LogP contribution in [0.15, 0.2) is 24.3 Å². The fraction of sp³-hybridized carbons (Fsp3) is 0.286. The van der Waals surface area contributed by atoms with E-state index in [0.29, 0.717) is 17.9 Å². The minimum absolute atomic E-state index is 0.0257. The quantitative estimate of drug-likeness (QED) is 0.901. The van der Waals surface area contributed by atoms with Crippen LogP contribution in [0, 0.1) is 13.8 Å². The summed E-state index contributed by atoms with van der Waals surface area (Å²) in [5, 5.41) is 10.5. The molecule has 1 heterocycles. The van der Waals surface area contributed by atoms with E-state index in [-0.39, 0.29) is 5.91 Å². The molecule has 0 spiro atoms. The third kappa shape index (κ3) is 3.58. The number of carbonyl (C=O) groups is 1.